The Morgan fingerprint density at radius 1 is 1.42 bits per heavy atom. The lowest BCUT2D eigenvalue weighted by Gasteiger charge is -2.23. The molecule has 1 heterocycles. The summed E-state index contributed by atoms with van der Waals surface area (Å²) in [5.74, 6) is -0.511. The number of carbonyl (C=O) groups excluding carboxylic acids is 2. The lowest BCUT2D eigenvalue weighted by Crippen LogP contribution is -2.41. The van der Waals surface area contributed by atoms with Crippen LogP contribution >= 0.6 is 23.2 Å². The van der Waals surface area contributed by atoms with Gasteiger partial charge in [-0.2, -0.15) is 5.26 Å². The van der Waals surface area contributed by atoms with Crippen molar-refractivity contribution >= 4 is 35.1 Å². The molecule has 0 aliphatic carbocycles. The molecule has 98 valence electrons. The van der Waals surface area contributed by atoms with Crippen molar-refractivity contribution in [1.29, 1.82) is 5.26 Å². The molecule has 2 rings (SSSR count). The summed E-state index contributed by atoms with van der Waals surface area (Å²) in [5, 5.41) is 11.9. The molecule has 19 heavy (non-hydrogen) atoms. The average molecular weight is 298 g/mol. The van der Waals surface area contributed by atoms with Gasteiger partial charge in [0.25, 0.3) is 5.91 Å². The van der Waals surface area contributed by atoms with E-state index < -0.39 is 17.5 Å². The van der Waals surface area contributed by atoms with Crippen LogP contribution in [0.25, 0.3) is 0 Å². The largest absolute Gasteiger partial charge is 0.326 e. The van der Waals surface area contributed by atoms with Crippen molar-refractivity contribution in [3.63, 3.8) is 0 Å². The van der Waals surface area contributed by atoms with Crippen LogP contribution in [0, 0.1) is 11.3 Å². The summed E-state index contributed by atoms with van der Waals surface area (Å²) in [5.41, 5.74) is -0.840. The number of nitrogens with one attached hydrogen (secondary N) is 1. The number of carbonyl (C=O) groups is 2. The molecule has 0 unspecified atom stereocenters. The van der Waals surface area contributed by atoms with Gasteiger partial charge in [-0.1, -0.05) is 29.3 Å². The van der Waals surface area contributed by atoms with E-state index in [4.69, 9.17) is 28.5 Å². The Morgan fingerprint density at radius 2 is 2.11 bits per heavy atom. The second kappa shape index (κ2) is 4.72. The van der Waals surface area contributed by atoms with Gasteiger partial charge in [0, 0.05) is 15.6 Å². The summed E-state index contributed by atoms with van der Waals surface area (Å²) in [6, 6.07) is 5.82. The molecular formula is C12H9Cl2N3O2. The third-order valence-electron chi connectivity index (χ3n) is 2.97. The van der Waals surface area contributed by atoms with Crippen molar-refractivity contribution in [1.82, 2.24) is 10.2 Å². The van der Waals surface area contributed by atoms with Gasteiger partial charge in [0.15, 0.2) is 0 Å². The summed E-state index contributed by atoms with van der Waals surface area (Å²) in [4.78, 5) is 24.8. The molecular weight excluding hydrogens is 289 g/mol. The van der Waals surface area contributed by atoms with Crippen LogP contribution in [0.5, 0.6) is 0 Å². The fourth-order valence-electron chi connectivity index (χ4n) is 1.99. The van der Waals surface area contributed by atoms with Gasteiger partial charge in [-0.25, -0.2) is 9.69 Å². The summed E-state index contributed by atoms with van der Waals surface area (Å²) in [6.07, 6.45) is 0. The predicted octanol–water partition coefficient (Wildman–Crippen LogP) is 2.28. The van der Waals surface area contributed by atoms with Crippen LogP contribution in [0.1, 0.15) is 12.5 Å². The lowest BCUT2D eigenvalue weighted by atomic mass is 9.92. The van der Waals surface area contributed by atoms with Crippen molar-refractivity contribution in [3.05, 3.63) is 33.8 Å². The van der Waals surface area contributed by atoms with E-state index in [0.29, 0.717) is 10.6 Å². The zero-order chi connectivity index (χ0) is 14.2. The molecule has 0 aromatic heterocycles. The van der Waals surface area contributed by atoms with Gasteiger partial charge in [0.05, 0.1) is 6.07 Å². The van der Waals surface area contributed by atoms with E-state index in [2.05, 4.69) is 5.32 Å². The van der Waals surface area contributed by atoms with Crippen LogP contribution in [0.3, 0.4) is 0 Å². The van der Waals surface area contributed by atoms with E-state index in [-0.39, 0.29) is 11.6 Å². The Hall–Kier alpha value is -1.77. The topological polar surface area (TPSA) is 73.2 Å². The first kappa shape index (κ1) is 13.7. The lowest BCUT2D eigenvalue weighted by molar-refractivity contribution is -0.130. The number of halogens is 2. The number of hydrogen-bond donors (Lipinski definition) is 1. The van der Waals surface area contributed by atoms with Gasteiger partial charge < -0.3 is 5.32 Å². The molecule has 5 nitrogen and oxygen atoms in total. The Morgan fingerprint density at radius 3 is 2.68 bits per heavy atom. The zero-order valence-electron chi connectivity index (χ0n) is 9.91. The highest BCUT2D eigenvalue weighted by Crippen LogP contribution is 2.34. The fourth-order valence-corrected chi connectivity index (χ4v) is 2.59. The first-order valence-corrected chi connectivity index (χ1v) is 6.12. The Kier molecular flexibility index (Phi) is 3.40. The molecule has 1 fully saturated rings. The SMILES string of the molecule is C[C@@]1(c2ccc(Cl)cc2Cl)NC(=O)N(CC#N)C1=O. The molecule has 1 aliphatic heterocycles. The quantitative estimate of drug-likeness (QED) is 0.672. The zero-order valence-corrected chi connectivity index (χ0v) is 11.4. The number of nitriles is 1. The predicted molar refractivity (Wildman–Crippen MR) is 69.7 cm³/mol. The number of nitrogens with zero attached hydrogens (tertiary/aromatic N) is 2. The summed E-state index contributed by atoms with van der Waals surface area (Å²) >= 11 is 11.9. The molecule has 0 bridgehead atoms. The number of amides is 3. The van der Waals surface area contributed by atoms with Gasteiger partial charge in [0.2, 0.25) is 0 Å². The molecule has 1 aliphatic rings. The third-order valence-corrected chi connectivity index (χ3v) is 3.52. The molecule has 0 saturated carbocycles. The molecule has 1 saturated heterocycles. The molecule has 1 N–H and O–H groups in total. The monoisotopic (exact) mass is 297 g/mol. The molecule has 0 spiro atoms. The van der Waals surface area contributed by atoms with Gasteiger partial charge >= 0.3 is 6.03 Å². The van der Waals surface area contributed by atoms with E-state index in [0.717, 1.165) is 4.90 Å². The number of imide groups is 1. The van der Waals surface area contributed by atoms with Crippen molar-refractivity contribution in [2.24, 2.45) is 0 Å². The van der Waals surface area contributed by atoms with Crippen LogP contribution < -0.4 is 5.32 Å². The van der Waals surface area contributed by atoms with E-state index in [1.165, 1.54) is 6.07 Å². The minimum absolute atomic E-state index is 0.280. The number of benzene rings is 1. The molecule has 1 aromatic carbocycles. The van der Waals surface area contributed by atoms with E-state index in [1.54, 1.807) is 25.1 Å². The molecule has 1 aromatic rings. The molecule has 1 atom stereocenters. The minimum atomic E-state index is -1.28. The van der Waals surface area contributed by atoms with Crippen LogP contribution in [0.2, 0.25) is 10.0 Å². The molecule has 3 amide bonds. The van der Waals surface area contributed by atoms with E-state index in [9.17, 15) is 9.59 Å². The maximum atomic E-state index is 12.3. The van der Waals surface area contributed by atoms with Gasteiger partial charge in [0.1, 0.15) is 12.1 Å². The van der Waals surface area contributed by atoms with Crippen molar-refractivity contribution in [3.8, 4) is 6.07 Å². The van der Waals surface area contributed by atoms with Crippen LogP contribution in [0.15, 0.2) is 18.2 Å². The summed E-state index contributed by atoms with van der Waals surface area (Å²) in [6.45, 7) is 1.24. The highest BCUT2D eigenvalue weighted by Gasteiger charge is 2.49. The summed E-state index contributed by atoms with van der Waals surface area (Å²) in [7, 11) is 0. The molecule has 0 radical (unpaired) electrons. The van der Waals surface area contributed by atoms with Gasteiger partial charge in [-0.15, -0.1) is 0 Å². The Bertz CT molecular complexity index is 611. The second-order valence-electron chi connectivity index (χ2n) is 4.23. The number of hydrogen-bond acceptors (Lipinski definition) is 3. The fraction of sp³-hybridized carbons (Fsp3) is 0.250. The smallest absolute Gasteiger partial charge is 0.319 e. The Balaban J connectivity index is 2.47. The van der Waals surface area contributed by atoms with Gasteiger partial charge in [-0.3, -0.25) is 4.79 Å². The number of urea groups is 1. The highest BCUT2D eigenvalue weighted by molar-refractivity contribution is 6.35. The highest BCUT2D eigenvalue weighted by atomic mass is 35.5. The second-order valence-corrected chi connectivity index (χ2v) is 5.07. The van der Waals surface area contributed by atoms with E-state index >= 15 is 0 Å². The minimum Gasteiger partial charge on any atom is -0.319 e. The van der Waals surface area contributed by atoms with Crippen molar-refractivity contribution in [2.75, 3.05) is 6.54 Å². The maximum Gasteiger partial charge on any atom is 0.326 e. The molecule has 7 heteroatoms. The van der Waals surface area contributed by atoms with Gasteiger partial charge in [-0.05, 0) is 19.1 Å². The van der Waals surface area contributed by atoms with Crippen LogP contribution in [0.4, 0.5) is 4.79 Å². The van der Waals surface area contributed by atoms with Crippen molar-refractivity contribution < 1.29 is 9.59 Å². The maximum absolute atomic E-state index is 12.3. The van der Waals surface area contributed by atoms with Crippen LogP contribution in [-0.4, -0.2) is 23.4 Å². The van der Waals surface area contributed by atoms with Crippen LogP contribution in [-0.2, 0) is 10.3 Å². The third kappa shape index (κ3) is 2.14. The normalized spacial score (nSPS) is 22.3. The first-order valence-electron chi connectivity index (χ1n) is 5.36. The first-order chi connectivity index (χ1) is 8.90. The summed E-state index contributed by atoms with van der Waals surface area (Å²) < 4.78 is 0. The average Bonchev–Trinajstić information content (AvgIpc) is 2.54. The standard InChI is InChI=1S/C12H9Cl2N3O2/c1-12(8-3-2-7(13)6-9(8)14)10(18)17(5-4-15)11(19)16-12/h2-3,6H,5H2,1H3,(H,16,19)/t12-/m0/s1. The van der Waals surface area contributed by atoms with Crippen molar-refractivity contribution in [2.45, 2.75) is 12.5 Å². The Labute approximate surface area is 119 Å². The van der Waals surface area contributed by atoms with E-state index in [1.807, 2.05) is 0 Å². The number of rotatable bonds is 2.